The molecule has 5 heteroatoms. The van der Waals surface area contributed by atoms with E-state index in [0.717, 1.165) is 11.1 Å². The Hall–Kier alpha value is -3.86. The van der Waals surface area contributed by atoms with E-state index in [1.54, 1.807) is 48.5 Å². The summed E-state index contributed by atoms with van der Waals surface area (Å²) < 4.78 is 15.2. The molecular weight excluding hydrogens is 356 g/mol. The van der Waals surface area contributed by atoms with E-state index in [1.807, 2.05) is 24.3 Å². The summed E-state index contributed by atoms with van der Waals surface area (Å²) in [5.74, 6) is 0.193. The molecule has 0 aromatic heterocycles. The van der Waals surface area contributed by atoms with Crippen LogP contribution in [0.2, 0.25) is 0 Å². The molecule has 0 atom stereocenters. The van der Waals surface area contributed by atoms with Gasteiger partial charge in [-0.25, -0.2) is 9.59 Å². The maximum Gasteiger partial charge on any atom is 0.343 e. The third kappa shape index (κ3) is 4.45. The van der Waals surface area contributed by atoms with Crippen LogP contribution in [-0.2, 0) is 4.74 Å². The van der Waals surface area contributed by atoms with Gasteiger partial charge in [-0.2, -0.15) is 0 Å². The molecule has 0 aliphatic carbocycles. The highest BCUT2D eigenvalue weighted by Crippen LogP contribution is 2.24. The van der Waals surface area contributed by atoms with Crippen LogP contribution in [0.25, 0.3) is 11.1 Å². The number of carbonyl (C=O) groups excluding carboxylic acids is 2. The highest BCUT2D eigenvalue weighted by Gasteiger charge is 2.10. The van der Waals surface area contributed by atoms with Gasteiger partial charge in [-0.1, -0.05) is 30.8 Å². The summed E-state index contributed by atoms with van der Waals surface area (Å²) in [7, 11) is 1.35. The van der Waals surface area contributed by atoms with Gasteiger partial charge in [0.1, 0.15) is 11.5 Å². The maximum absolute atomic E-state index is 12.2. The van der Waals surface area contributed by atoms with Crippen molar-refractivity contribution >= 4 is 11.9 Å². The lowest BCUT2D eigenvalue weighted by Crippen LogP contribution is -2.08. The van der Waals surface area contributed by atoms with E-state index in [4.69, 9.17) is 14.2 Å². The van der Waals surface area contributed by atoms with Crippen LogP contribution in [0.15, 0.2) is 85.6 Å². The average molecular weight is 374 g/mol. The fourth-order valence-electron chi connectivity index (χ4n) is 2.56. The van der Waals surface area contributed by atoms with E-state index in [1.165, 1.54) is 13.4 Å². The molecule has 0 bridgehead atoms. The van der Waals surface area contributed by atoms with Gasteiger partial charge in [-0.05, 0) is 59.7 Å². The molecule has 0 radical (unpaired) electrons. The highest BCUT2D eigenvalue weighted by atomic mass is 16.5. The summed E-state index contributed by atoms with van der Waals surface area (Å²) in [5.41, 5.74) is 2.77. The van der Waals surface area contributed by atoms with Crippen LogP contribution in [-0.4, -0.2) is 19.0 Å². The molecule has 0 unspecified atom stereocenters. The largest absolute Gasteiger partial charge is 0.466 e. The summed E-state index contributed by atoms with van der Waals surface area (Å²) >= 11 is 0. The zero-order valence-corrected chi connectivity index (χ0v) is 15.3. The minimum Gasteiger partial charge on any atom is -0.466 e. The molecule has 28 heavy (non-hydrogen) atoms. The number of carbonyl (C=O) groups is 2. The Labute approximate surface area is 162 Å². The van der Waals surface area contributed by atoms with Crippen molar-refractivity contribution in [2.75, 3.05) is 7.11 Å². The lowest BCUT2D eigenvalue weighted by molar-refractivity contribution is 0.0600. The van der Waals surface area contributed by atoms with Crippen LogP contribution in [0, 0.1) is 0 Å². The number of benzene rings is 3. The maximum atomic E-state index is 12.2. The zero-order valence-electron chi connectivity index (χ0n) is 15.3. The van der Waals surface area contributed by atoms with Crippen molar-refractivity contribution in [1.29, 1.82) is 0 Å². The molecule has 0 aliphatic heterocycles. The van der Waals surface area contributed by atoms with Crippen molar-refractivity contribution < 1.29 is 23.8 Å². The van der Waals surface area contributed by atoms with Crippen molar-refractivity contribution in [3.8, 4) is 22.6 Å². The average Bonchev–Trinajstić information content (AvgIpc) is 2.74. The normalized spacial score (nSPS) is 10.0. The fourth-order valence-corrected chi connectivity index (χ4v) is 2.56. The molecule has 3 rings (SSSR count). The van der Waals surface area contributed by atoms with Crippen molar-refractivity contribution in [3.05, 3.63) is 96.8 Å². The molecule has 5 nitrogen and oxygen atoms in total. The third-order valence-electron chi connectivity index (χ3n) is 4.01. The molecular formula is C23H18O5. The van der Waals surface area contributed by atoms with E-state index in [9.17, 15) is 9.59 Å². The van der Waals surface area contributed by atoms with E-state index in [-0.39, 0.29) is 5.97 Å². The predicted octanol–water partition coefficient (Wildman–Crippen LogP) is 4.88. The van der Waals surface area contributed by atoms with Gasteiger partial charge in [0.05, 0.1) is 24.5 Å². The topological polar surface area (TPSA) is 61.8 Å². The van der Waals surface area contributed by atoms with Gasteiger partial charge in [0.15, 0.2) is 0 Å². The van der Waals surface area contributed by atoms with Gasteiger partial charge in [0.25, 0.3) is 0 Å². The SMILES string of the molecule is C=COc1ccc(C(=O)Oc2ccc(-c3ccc(C(=O)OC)cc3)cc2)cc1. The number of methoxy groups -OCH3 is 1. The molecule has 0 amide bonds. The molecule has 0 aliphatic rings. The lowest BCUT2D eigenvalue weighted by atomic mass is 10.0. The van der Waals surface area contributed by atoms with Gasteiger partial charge in [0, 0.05) is 0 Å². The van der Waals surface area contributed by atoms with Crippen LogP contribution in [0.1, 0.15) is 20.7 Å². The molecule has 0 saturated heterocycles. The predicted molar refractivity (Wildman–Crippen MR) is 105 cm³/mol. The first-order valence-electron chi connectivity index (χ1n) is 8.49. The quantitative estimate of drug-likeness (QED) is 0.349. The van der Waals surface area contributed by atoms with Crippen molar-refractivity contribution in [1.82, 2.24) is 0 Å². The Morgan fingerprint density at radius 1 is 0.714 bits per heavy atom. The van der Waals surface area contributed by atoms with Gasteiger partial charge in [0.2, 0.25) is 0 Å². The summed E-state index contributed by atoms with van der Waals surface area (Å²) in [6.07, 6.45) is 1.32. The first kappa shape index (κ1) is 18.9. The molecule has 0 saturated carbocycles. The van der Waals surface area contributed by atoms with E-state index in [0.29, 0.717) is 22.6 Å². The zero-order chi connectivity index (χ0) is 19.9. The number of esters is 2. The Morgan fingerprint density at radius 3 is 1.71 bits per heavy atom. The number of hydrogen-bond donors (Lipinski definition) is 0. The van der Waals surface area contributed by atoms with Crippen molar-refractivity contribution in [2.24, 2.45) is 0 Å². The smallest absolute Gasteiger partial charge is 0.343 e. The molecule has 140 valence electrons. The van der Waals surface area contributed by atoms with Crippen LogP contribution in [0.4, 0.5) is 0 Å². The summed E-state index contributed by atoms with van der Waals surface area (Å²) in [5, 5.41) is 0. The molecule has 0 fully saturated rings. The third-order valence-corrected chi connectivity index (χ3v) is 4.01. The number of hydrogen-bond acceptors (Lipinski definition) is 5. The van der Waals surface area contributed by atoms with Gasteiger partial charge in [-0.3, -0.25) is 0 Å². The minimum atomic E-state index is -0.458. The summed E-state index contributed by atoms with van der Waals surface area (Å²) in [6, 6.07) is 20.8. The van der Waals surface area contributed by atoms with Crippen LogP contribution in [0.5, 0.6) is 11.5 Å². The van der Waals surface area contributed by atoms with Crippen molar-refractivity contribution in [2.45, 2.75) is 0 Å². The lowest BCUT2D eigenvalue weighted by Gasteiger charge is -2.07. The second-order valence-electron chi connectivity index (χ2n) is 5.79. The first-order valence-corrected chi connectivity index (χ1v) is 8.49. The van der Waals surface area contributed by atoms with Crippen LogP contribution >= 0.6 is 0 Å². The monoisotopic (exact) mass is 374 g/mol. The standard InChI is InChI=1S/C23H18O5/c1-3-27-20-12-10-19(11-13-20)23(25)28-21-14-8-17(9-15-21)16-4-6-18(7-5-16)22(24)26-2/h3-15H,1H2,2H3. The van der Waals surface area contributed by atoms with E-state index >= 15 is 0 Å². The van der Waals surface area contributed by atoms with Crippen LogP contribution in [0.3, 0.4) is 0 Å². The van der Waals surface area contributed by atoms with E-state index in [2.05, 4.69) is 6.58 Å². The molecule has 3 aromatic rings. The number of ether oxygens (including phenoxy) is 3. The first-order chi connectivity index (χ1) is 13.6. The Kier molecular flexibility index (Phi) is 5.87. The van der Waals surface area contributed by atoms with E-state index < -0.39 is 5.97 Å². The Balaban J connectivity index is 1.67. The number of rotatable bonds is 6. The summed E-state index contributed by atoms with van der Waals surface area (Å²) in [6.45, 7) is 3.48. The molecule has 3 aromatic carbocycles. The summed E-state index contributed by atoms with van der Waals surface area (Å²) in [4.78, 5) is 23.7. The van der Waals surface area contributed by atoms with Gasteiger partial charge >= 0.3 is 11.9 Å². The van der Waals surface area contributed by atoms with Gasteiger partial charge < -0.3 is 14.2 Å². The van der Waals surface area contributed by atoms with Gasteiger partial charge in [-0.15, -0.1) is 0 Å². The molecule has 0 spiro atoms. The Bertz CT molecular complexity index is 971. The fraction of sp³-hybridized carbons (Fsp3) is 0.0435. The Morgan fingerprint density at radius 2 is 1.18 bits per heavy atom. The second kappa shape index (κ2) is 8.68. The highest BCUT2D eigenvalue weighted by molar-refractivity contribution is 5.91. The van der Waals surface area contributed by atoms with Crippen molar-refractivity contribution in [3.63, 3.8) is 0 Å². The van der Waals surface area contributed by atoms with Crippen LogP contribution < -0.4 is 9.47 Å². The molecule has 0 N–H and O–H groups in total. The minimum absolute atomic E-state index is 0.377. The molecule has 0 heterocycles. The second-order valence-corrected chi connectivity index (χ2v) is 5.79.